The summed E-state index contributed by atoms with van der Waals surface area (Å²) < 4.78 is -4.48. The van der Waals surface area contributed by atoms with E-state index in [0.29, 0.717) is 6.42 Å². The second-order valence-corrected chi connectivity index (χ2v) is 9.08. The Morgan fingerprint density at radius 3 is 1.81 bits per heavy atom. The second kappa shape index (κ2) is 5.92. The molecule has 0 radical (unpaired) electrons. The quantitative estimate of drug-likeness (QED) is 0.289. The van der Waals surface area contributed by atoms with E-state index in [1.807, 2.05) is 6.92 Å². The van der Waals surface area contributed by atoms with Crippen LogP contribution in [0.15, 0.2) is 0 Å². The van der Waals surface area contributed by atoms with Crippen molar-refractivity contribution >= 4 is 94.4 Å². The molecule has 2 nitrogen and oxygen atoms in total. The minimum Gasteiger partial charge on any atom is -0.480 e. The van der Waals surface area contributed by atoms with Crippen molar-refractivity contribution in [3.05, 3.63) is 0 Å². The lowest BCUT2D eigenvalue weighted by Crippen LogP contribution is -2.57. The Morgan fingerprint density at radius 1 is 1.19 bits per heavy atom. The Kier molecular flexibility index (Phi) is 6.63. The van der Waals surface area contributed by atoms with E-state index < -0.39 is 18.2 Å². The van der Waals surface area contributed by atoms with E-state index >= 15 is 0 Å². The average molecular weight is 355 g/mol. The molecule has 0 heterocycles. The molecule has 96 valence electrons. The van der Waals surface area contributed by atoms with Gasteiger partial charge in [-0.25, -0.2) is 4.79 Å². The summed E-state index contributed by atoms with van der Waals surface area (Å²) in [6.07, 6.45) is 0.621. The number of aliphatic carboxylic acids is 1. The summed E-state index contributed by atoms with van der Waals surface area (Å²) in [5, 5.41) is 8.72. The van der Waals surface area contributed by atoms with Gasteiger partial charge in [-0.15, -0.1) is 25.3 Å². The van der Waals surface area contributed by atoms with E-state index in [-0.39, 0.29) is 5.25 Å². The van der Waals surface area contributed by atoms with Gasteiger partial charge in [0.15, 0.2) is 4.08 Å². The Hall–Kier alpha value is 1.92. The molecule has 0 bridgehead atoms. The molecule has 1 unspecified atom stereocenters. The molecule has 0 aliphatic carbocycles. The predicted octanol–water partition coefficient (Wildman–Crippen LogP) is 2.45. The zero-order chi connectivity index (χ0) is 13.4. The van der Waals surface area contributed by atoms with Crippen LogP contribution in [0.3, 0.4) is 0 Å². The maximum absolute atomic E-state index is 11.1. The van der Waals surface area contributed by atoms with Crippen molar-refractivity contribution in [3.63, 3.8) is 0 Å². The molecule has 9 heteroatoms. The normalized spacial score (nSPS) is 16.0. The summed E-state index contributed by atoms with van der Waals surface area (Å²) in [4.78, 5) is 11.1. The highest BCUT2D eigenvalue weighted by Gasteiger charge is 2.59. The second-order valence-electron chi connectivity index (χ2n) is 3.30. The lowest BCUT2D eigenvalue weighted by Gasteiger charge is -2.47. The summed E-state index contributed by atoms with van der Waals surface area (Å²) >= 11 is 29.3. The number of hydrogen-bond acceptors (Lipinski definition) is 8. The van der Waals surface area contributed by atoms with Gasteiger partial charge in [0.1, 0.15) is 4.08 Å². The lowest BCUT2D eigenvalue weighted by atomic mass is 10.1. The van der Waals surface area contributed by atoms with Crippen molar-refractivity contribution in [2.75, 3.05) is 0 Å². The fourth-order valence-electron chi connectivity index (χ4n) is 0.923. The van der Waals surface area contributed by atoms with Crippen LogP contribution in [-0.2, 0) is 4.79 Å². The first-order valence-electron chi connectivity index (χ1n) is 4.18. The molecular formula is C7H14O2S7. The fraction of sp³-hybridized carbons (Fsp3) is 0.857. The van der Waals surface area contributed by atoms with E-state index in [1.165, 1.54) is 0 Å². The Balaban J connectivity index is 5.42. The van der Waals surface area contributed by atoms with Gasteiger partial charge in [-0.05, 0) is 6.42 Å². The van der Waals surface area contributed by atoms with Crippen LogP contribution in [0.4, 0.5) is 0 Å². The third-order valence-electron chi connectivity index (χ3n) is 2.15. The van der Waals surface area contributed by atoms with Crippen LogP contribution < -0.4 is 0 Å². The topological polar surface area (TPSA) is 37.3 Å². The minimum absolute atomic E-state index is 0.327. The largest absolute Gasteiger partial charge is 0.480 e. The van der Waals surface area contributed by atoms with Gasteiger partial charge in [0, 0.05) is 5.25 Å². The molecule has 0 aliphatic heterocycles. The first-order chi connectivity index (χ1) is 6.92. The van der Waals surface area contributed by atoms with Crippen LogP contribution in [-0.4, -0.2) is 28.6 Å². The monoisotopic (exact) mass is 354 g/mol. The van der Waals surface area contributed by atoms with Crippen molar-refractivity contribution in [1.82, 2.24) is 0 Å². The number of carboxylic acid groups (broad SMARTS) is 1. The number of rotatable bonds is 5. The van der Waals surface area contributed by atoms with Crippen LogP contribution in [0.1, 0.15) is 13.3 Å². The van der Waals surface area contributed by atoms with E-state index in [2.05, 4.69) is 88.4 Å². The molecule has 0 aromatic heterocycles. The highest BCUT2D eigenvalue weighted by molar-refractivity contribution is 8.12. The summed E-state index contributed by atoms with van der Waals surface area (Å²) in [6, 6.07) is 0. The van der Waals surface area contributed by atoms with Gasteiger partial charge in [-0.2, -0.15) is 63.1 Å². The lowest BCUT2D eigenvalue weighted by molar-refractivity contribution is -0.137. The Morgan fingerprint density at radius 2 is 1.56 bits per heavy atom. The number of thiol groups is 7. The Bertz CT molecular complexity index is 276. The molecule has 1 atom stereocenters. The van der Waals surface area contributed by atoms with Crippen LogP contribution in [0, 0.1) is 0 Å². The van der Waals surface area contributed by atoms with Crippen molar-refractivity contribution in [2.45, 2.75) is 30.8 Å². The SMILES string of the molecule is CCC(S)C(S)(S)C(S)(S)C(S)(S)C(=O)O. The zero-order valence-corrected chi connectivity index (χ0v) is 14.5. The molecule has 16 heavy (non-hydrogen) atoms. The van der Waals surface area contributed by atoms with E-state index in [4.69, 9.17) is 5.11 Å². The van der Waals surface area contributed by atoms with Gasteiger partial charge in [0.05, 0.1) is 4.08 Å². The van der Waals surface area contributed by atoms with Gasteiger partial charge >= 0.3 is 5.97 Å². The maximum atomic E-state index is 11.1. The smallest absolute Gasteiger partial charge is 0.332 e. The average Bonchev–Trinajstić information content (AvgIpc) is 2.15. The van der Waals surface area contributed by atoms with Crippen LogP contribution in [0.5, 0.6) is 0 Å². The third kappa shape index (κ3) is 3.08. The van der Waals surface area contributed by atoms with E-state index in [9.17, 15) is 4.79 Å². The molecule has 0 amide bonds. The first-order valence-corrected chi connectivity index (χ1v) is 7.38. The van der Waals surface area contributed by atoms with Crippen LogP contribution in [0.25, 0.3) is 0 Å². The minimum atomic E-state index is -1.81. The third-order valence-corrected chi connectivity index (χ3v) is 8.44. The molecule has 0 rings (SSSR count). The molecule has 0 aromatic carbocycles. The van der Waals surface area contributed by atoms with Crippen molar-refractivity contribution in [1.29, 1.82) is 0 Å². The highest BCUT2D eigenvalue weighted by atomic mass is 32.2. The van der Waals surface area contributed by atoms with E-state index in [1.54, 1.807) is 0 Å². The van der Waals surface area contributed by atoms with E-state index in [0.717, 1.165) is 0 Å². The fourth-order valence-corrected chi connectivity index (χ4v) is 3.23. The van der Waals surface area contributed by atoms with Crippen molar-refractivity contribution in [3.8, 4) is 0 Å². The summed E-state index contributed by atoms with van der Waals surface area (Å²) in [5.41, 5.74) is 0. The predicted molar refractivity (Wildman–Crippen MR) is 92.8 cm³/mol. The molecule has 0 aromatic rings. The number of hydrogen-bond donors (Lipinski definition) is 8. The van der Waals surface area contributed by atoms with Gasteiger partial charge in [-0.3, -0.25) is 0 Å². The summed E-state index contributed by atoms with van der Waals surface area (Å²) in [5.74, 6) is -1.27. The molecule has 0 fully saturated rings. The van der Waals surface area contributed by atoms with Gasteiger partial charge in [0.2, 0.25) is 0 Å². The number of carboxylic acids is 1. The molecular weight excluding hydrogens is 341 g/mol. The van der Waals surface area contributed by atoms with Crippen molar-refractivity contribution < 1.29 is 9.90 Å². The molecule has 0 aliphatic rings. The van der Waals surface area contributed by atoms with Gasteiger partial charge < -0.3 is 5.11 Å². The molecule has 0 saturated carbocycles. The molecule has 1 N–H and O–H groups in total. The Labute approximate surface area is 134 Å². The summed E-state index contributed by atoms with van der Waals surface area (Å²) in [7, 11) is 0. The van der Waals surface area contributed by atoms with Crippen LogP contribution >= 0.6 is 88.4 Å². The zero-order valence-electron chi connectivity index (χ0n) is 8.27. The molecule has 0 spiro atoms. The maximum Gasteiger partial charge on any atom is 0.332 e. The first kappa shape index (κ1) is 17.9. The van der Waals surface area contributed by atoms with Crippen molar-refractivity contribution in [2.24, 2.45) is 0 Å². The highest BCUT2D eigenvalue weighted by Crippen LogP contribution is 2.55. The standard InChI is InChI=1S/C7H14O2S7/c1-2-3(10)5(11,12)7(15,16)6(13,14)4(8)9/h3,10-16H,2H2,1H3,(H,8,9). The van der Waals surface area contributed by atoms with Crippen LogP contribution in [0.2, 0.25) is 0 Å². The van der Waals surface area contributed by atoms with Gasteiger partial charge in [-0.1, -0.05) is 6.92 Å². The van der Waals surface area contributed by atoms with Gasteiger partial charge in [0.25, 0.3) is 0 Å². The molecule has 0 saturated heterocycles. The number of carbonyl (C=O) groups is 1. The summed E-state index contributed by atoms with van der Waals surface area (Å²) in [6.45, 7) is 1.87.